The minimum Gasteiger partial charge on any atom is -0.345 e. The molecular formula is C11H9F2NO. The van der Waals surface area contributed by atoms with Gasteiger partial charge in [0.05, 0.1) is 6.54 Å². The van der Waals surface area contributed by atoms with Crippen LogP contribution in [0.1, 0.15) is 12.5 Å². The zero-order chi connectivity index (χ0) is 11.3. The number of carbonyl (C=O) groups excluding carboxylic acids is 1. The highest BCUT2D eigenvalue weighted by Gasteiger charge is 1.99. The van der Waals surface area contributed by atoms with Gasteiger partial charge in [0.15, 0.2) is 11.6 Å². The van der Waals surface area contributed by atoms with Crippen molar-refractivity contribution in [3.63, 3.8) is 0 Å². The van der Waals surface area contributed by atoms with Crippen LogP contribution in [0.25, 0.3) is 0 Å². The highest BCUT2D eigenvalue weighted by molar-refractivity contribution is 5.73. The van der Waals surface area contributed by atoms with E-state index in [-0.39, 0.29) is 12.5 Å². The van der Waals surface area contributed by atoms with Gasteiger partial charge < -0.3 is 5.32 Å². The van der Waals surface area contributed by atoms with E-state index < -0.39 is 11.6 Å². The Morgan fingerprint density at radius 1 is 1.40 bits per heavy atom. The first-order valence-electron chi connectivity index (χ1n) is 4.28. The Morgan fingerprint density at radius 3 is 2.73 bits per heavy atom. The van der Waals surface area contributed by atoms with E-state index in [2.05, 4.69) is 17.2 Å². The fourth-order valence-corrected chi connectivity index (χ4v) is 0.889. The summed E-state index contributed by atoms with van der Waals surface area (Å²) in [6.07, 6.45) is 0. The van der Waals surface area contributed by atoms with Crippen LogP contribution in [0.15, 0.2) is 18.2 Å². The molecule has 0 atom stereocenters. The van der Waals surface area contributed by atoms with E-state index in [0.29, 0.717) is 5.56 Å². The second-order valence-electron chi connectivity index (χ2n) is 2.84. The molecule has 1 aromatic carbocycles. The average molecular weight is 209 g/mol. The maximum atomic E-state index is 12.7. The van der Waals surface area contributed by atoms with Gasteiger partial charge in [-0.05, 0) is 18.2 Å². The van der Waals surface area contributed by atoms with Crippen LogP contribution in [0.4, 0.5) is 8.78 Å². The summed E-state index contributed by atoms with van der Waals surface area (Å²) in [5, 5.41) is 2.46. The van der Waals surface area contributed by atoms with Gasteiger partial charge in [0.2, 0.25) is 5.91 Å². The van der Waals surface area contributed by atoms with Crippen molar-refractivity contribution >= 4 is 5.91 Å². The Labute approximate surface area is 86.3 Å². The standard InChI is InChI=1S/C11H9F2NO/c1-8(15)14-6-2-3-9-4-5-10(12)11(13)7-9/h4-5,7H,6H2,1H3,(H,14,15). The van der Waals surface area contributed by atoms with E-state index in [9.17, 15) is 13.6 Å². The summed E-state index contributed by atoms with van der Waals surface area (Å²) in [5.74, 6) is 3.19. The van der Waals surface area contributed by atoms with Gasteiger partial charge in [0, 0.05) is 12.5 Å². The lowest BCUT2D eigenvalue weighted by atomic mass is 10.2. The number of benzene rings is 1. The number of carbonyl (C=O) groups is 1. The average Bonchev–Trinajstić information content (AvgIpc) is 2.18. The fourth-order valence-electron chi connectivity index (χ4n) is 0.889. The van der Waals surface area contributed by atoms with Gasteiger partial charge in [-0.25, -0.2) is 8.78 Å². The number of halogens is 2. The normalized spacial score (nSPS) is 9.00. The molecule has 1 aromatic rings. The van der Waals surface area contributed by atoms with E-state index in [1.807, 2.05) is 0 Å². The maximum absolute atomic E-state index is 12.7. The molecule has 0 unspecified atom stereocenters. The second kappa shape index (κ2) is 5.11. The molecule has 78 valence electrons. The Hall–Kier alpha value is -1.89. The molecule has 0 aliphatic carbocycles. The molecule has 0 spiro atoms. The van der Waals surface area contributed by atoms with Crippen molar-refractivity contribution in [2.75, 3.05) is 6.54 Å². The zero-order valence-electron chi connectivity index (χ0n) is 8.10. The van der Waals surface area contributed by atoms with Crippen molar-refractivity contribution in [3.05, 3.63) is 35.4 Å². The number of nitrogens with one attached hydrogen (secondary N) is 1. The molecular weight excluding hydrogens is 200 g/mol. The molecule has 2 nitrogen and oxygen atoms in total. The molecule has 0 saturated heterocycles. The largest absolute Gasteiger partial charge is 0.345 e. The molecule has 0 radical (unpaired) electrons. The van der Waals surface area contributed by atoms with Crippen LogP contribution in [-0.2, 0) is 4.79 Å². The Morgan fingerprint density at radius 2 is 2.13 bits per heavy atom. The van der Waals surface area contributed by atoms with Gasteiger partial charge in [-0.3, -0.25) is 4.79 Å². The number of rotatable bonds is 1. The number of amides is 1. The smallest absolute Gasteiger partial charge is 0.217 e. The van der Waals surface area contributed by atoms with Crippen LogP contribution < -0.4 is 5.32 Å². The minimum absolute atomic E-state index is 0.186. The van der Waals surface area contributed by atoms with Gasteiger partial charge >= 0.3 is 0 Å². The predicted molar refractivity (Wildman–Crippen MR) is 51.9 cm³/mol. The van der Waals surface area contributed by atoms with Crippen LogP contribution >= 0.6 is 0 Å². The Bertz CT molecular complexity index is 432. The van der Waals surface area contributed by atoms with E-state index in [1.54, 1.807) is 0 Å². The second-order valence-corrected chi connectivity index (χ2v) is 2.84. The summed E-state index contributed by atoms with van der Waals surface area (Å²) in [6, 6.07) is 3.40. The summed E-state index contributed by atoms with van der Waals surface area (Å²) in [7, 11) is 0. The van der Waals surface area contributed by atoms with Crippen molar-refractivity contribution in [3.8, 4) is 11.8 Å². The van der Waals surface area contributed by atoms with Gasteiger partial charge in [-0.2, -0.15) is 0 Å². The number of hydrogen-bond acceptors (Lipinski definition) is 1. The lowest BCUT2D eigenvalue weighted by Gasteiger charge is -1.93. The topological polar surface area (TPSA) is 29.1 Å². The third-order valence-electron chi connectivity index (χ3n) is 1.58. The van der Waals surface area contributed by atoms with Crippen molar-refractivity contribution in [1.29, 1.82) is 0 Å². The van der Waals surface area contributed by atoms with Gasteiger partial charge in [0.1, 0.15) is 0 Å². The molecule has 0 aromatic heterocycles. The fraction of sp³-hybridized carbons (Fsp3) is 0.182. The van der Waals surface area contributed by atoms with Crippen LogP contribution in [0.3, 0.4) is 0 Å². The Kier molecular flexibility index (Phi) is 3.81. The van der Waals surface area contributed by atoms with Crippen LogP contribution in [0, 0.1) is 23.5 Å². The molecule has 15 heavy (non-hydrogen) atoms. The molecule has 0 heterocycles. The van der Waals surface area contributed by atoms with E-state index in [1.165, 1.54) is 13.0 Å². The van der Waals surface area contributed by atoms with Crippen LogP contribution in [0.2, 0.25) is 0 Å². The molecule has 0 aliphatic heterocycles. The van der Waals surface area contributed by atoms with E-state index in [0.717, 1.165) is 12.1 Å². The summed E-state index contributed by atoms with van der Waals surface area (Å²) >= 11 is 0. The third-order valence-corrected chi connectivity index (χ3v) is 1.58. The first kappa shape index (κ1) is 11.2. The molecule has 0 saturated carbocycles. The quantitative estimate of drug-likeness (QED) is 0.697. The summed E-state index contributed by atoms with van der Waals surface area (Å²) in [6.45, 7) is 1.56. The summed E-state index contributed by atoms with van der Waals surface area (Å²) in [4.78, 5) is 10.5. The van der Waals surface area contributed by atoms with Crippen LogP contribution in [0.5, 0.6) is 0 Å². The summed E-state index contributed by atoms with van der Waals surface area (Å²) < 4.78 is 25.2. The molecule has 0 bridgehead atoms. The maximum Gasteiger partial charge on any atom is 0.217 e. The minimum atomic E-state index is -0.929. The highest BCUT2D eigenvalue weighted by Crippen LogP contribution is 2.06. The zero-order valence-corrected chi connectivity index (χ0v) is 8.10. The first-order chi connectivity index (χ1) is 7.09. The molecule has 0 aliphatic rings. The van der Waals surface area contributed by atoms with Crippen molar-refractivity contribution in [2.45, 2.75) is 6.92 Å². The predicted octanol–water partition coefficient (Wildman–Crippen LogP) is 1.45. The lowest BCUT2D eigenvalue weighted by molar-refractivity contribution is -0.118. The first-order valence-corrected chi connectivity index (χ1v) is 4.28. The molecule has 1 N–H and O–H groups in total. The van der Waals surface area contributed by atoms with E-state index >= 15 is 0 Å². The van der Waals surface area contributed by atoms with Crippen molar-refractivity contribution < 1.29 is 13.6 Å². The van der Waals surface area contributed by atoms with Crippen molar-refractivity contribution in [1.82, 2.24) is 5.32 Å². The highest BCUT2D eigenvalue weighted by atomic mass is 19.2. The molecule has 1 rings (SSSR count). The molecule has 1 amide bonds. The lowest BCUT2D eigenvalue weighted by Crippen LogP contribution is -2.19. The van der Waals surface area contributed by atoms with Gasteiger partial charge in [0.25, 0.3) is 0 Å². The monoisotopic (exact) mass is 209 g/mol. The van der Waals surface area contributed by atoms with Crippen LogP contribution in [-0.4, -0.2) is 12.5 Å². The van der Waals surface area contributed by atoms with Crippen molar-refractivity contribution in [2.24, 2.45) is 0 Å². The van der Waals surface area contributed by atoms with Gasteiger partial charge in [-0.15, -0.1) is 0 Å². The SMILES string of the molecule is CC(=O)NCC#Cc1ccc(F)c(F)c1. The Balaban J connectivity index is 2.64. The number of hydrogen-bond donors (Lipinski definition) is 1. The molecule has 4 heteroatoms. The van der Waals surface area contributed by atoms with E-state index in [4.69, 9.17) is 0 Å². The van der Waals surface area contributed by atoms with Gasteiger partial charge in [-0.1, -0.05) is 11.8 Å². The molecule has 0 fully saturated rings. The third kappa shape index (κ3) is 3.77. The summed E-state index contributed by atoms with van der Waals surface area (Å²) in [5.41, 5.74) is 0.374.